The number of methoxy groups -OCH3 is 2. The molecule has 4 rings (SSSR count). The predicted molar refractivity (Wildman–Crippen MR) is 125 cm³/mol. The molecule has 33 heavy (non-hydrogen) atoms. The topological polar surface area (TPSA) is 82.6 Å². The molecule has 1 aromatic heterocycles. The fourth-order valence-electron chi connectivity index (χ4n) is 3.13. The molecule has 7 nitrogen and oxygen atoms in total. The van der Waals surface area contributed by atoms with E-state index in [0.717, 1.165) is 16.9 Å². The first-order valence-corrected chi connectivity index (χ1v) is 10.3. The summed E-state index contributed by atoms with van der Waals surface area (Å²) in [5.41, 5.74) is 3.09. The molecule has 1 amide bonds. The fraction of sp³-hybridized carbons (Fsp3) is 0.115. The van der Waals surface area contributed by atoms with Crippen LogP contribution in [-0.2, 0) is 6.54 Å². The third-order valence-electron chi connectivity index (χ3n) is 4.96. The minimum absolute atomic E-state index is 0.148. The number of carbonyl (C=O) groups excluding carboxylic acids is 1. The molecule has 0 saturated heterocycles. The van der Waals surface area contributed by atoms with Crippen molar-refractivity contribution in [1.82, 2.24) is 15.5 Å². The predicted octanol–water partition coefficient (Wildman–Crippen LogP) is 4.88. The van der Waals surface area contributed by atoms with E-state index < -0.39 is 0 Å². The van der Waals surface area contributed by atoms with Gasteiger partial charge in [-0.25, -0.2) is 0 Å². The minimum Gasteiger partial charge on any atom is -0.497 e. The standard InChI is InChI=1S/C26H23N3O4/c1-31-21-12-6-18(7-13-21)17-27-26(30)20-10-8-19(9-11-20)24-14-15-25(29-28-24)33-23-5-3-4-22(16-23)32-2/h3-16H,17H2,1-2H3,(H,27,30). The Morgan fingerprint density at radius 1 is 0.788 bits per heavy atom. The summed E-state index contributed by atoms with van der Waals surface area (Å²) in [5, 5.41) is 11.3. The lowest BCUT2D eigenvalue weighted by molar-refractivity contribution is 0.0951. The van der Waals surface area contributed by atoms with Crippen LogP contribution in [0.3, 0.4) is 0 Å². The van der Waals surface area contributed by atoms with Gasteiger partial charge in [-0.2, -0.15) is 0 Å². The molecule has 0 spiro atoms. The first kappa shape index (κ1) is 21.8. The SMILES string of the molecule is COc1ccc(CNC(=O)c2ccc(-c3ccc(Oc4cccc(OC)c4)nn3)cc2)cc1. The van der Waals surface area contributed by atoms with E-state index in [2.05, 4.69) is 15.5 Å². The van der Waals surface area contributed by atoms with E-state index in [-0.39, 0.29) is 5.91 Å². The van der Waals surface area contributed by atoms with E-state index in [1.54, 1.807) is 38.5 Å². The molecule has 0 aliphatic carbocycles. The summed E-state index contributed by atoms with van der Waals surface area (Å²) in [6, 6.07) is 25.6. The van der Waals surface area contributed by atoms with Crippen LogP contribution in [0.2, 0.25) is 0 Å². The van der Waals surface area contributed by atoms with Crippen molar-refractivity contribution in [2.24, 2.45) is 0 Å². The molecule has 0 aliphatic rings. The summed E-state index contributed by atoms with van der Waals surface area (Å²) < 4.78 is 16.1. The van der Waals surface area contributed by atoms with Crippen molar-refractivity contribution in [1.29, 1.82) is 0 Å². The van der Waals surface area contributed by atoms with Gasteiger partial charge in [0.15, 0.2) is 0 Å². The molecule has 166 valence electrons. The summed E-state index contributed by atoms with van der Waals surface area (Å²) in [4.78, 5) is 12.5. The van der Waals surface area contributed by atoms with Gasteiger partial charge in [0.1, 0.15) is 17.2 Å². The van der Waals surface area contributed by atoms with Crippen molar-refractivity contribution in [3.63, 3.8) is 0 Å². The number of amides is 1. The summed E-state index contributed by atoms with van der Waals surface area (Å²) >= 11 is 0. The zero-order chi connectivity index (χ0) is 23.0. The smallest absolute Gasteiger partial charge is 0.251 e. The van der Waals surface area contributed by atoms with E-state index in [9.17, 15) is 4.79 Å². The van der Waals surface area contributed by atoms with Gasteiger partial charge in [0.2, 0.25) is 5.88 Å². The Balaban J connectivity index is 1.36. The third-order valence-corrected chi connectivity index (χ3v) is 4.96. The van der Waals surface area contributed by atoms with Crippen molar-refractivity contribution in [3.8, 4) is 34.4 Å². The van der Waals surface area contributed by atoms with Crippen LogP contribution in [0.4, 0.5) is 0 Å². The minimum atomic E-state index is -0.148. The number of hydrogen-bond acceptors (Lipinski definition) is 6. The fourth-order valence-corrected chi connectivity index (χ4v) is 3.13. The Labute approximate surface area is 192 Å². The van der Waals surface area contributed by atoms with Crippen LogP contribution in [0.1, 0.15) is 15.9 Å². The average molecular weight is 441 g/mol. The van der Waals surface area contributed by atoms with E-state index in [4.69, 9.17) is 14.2 Å². The lowest BCUT2D eigenvalue weighted by Crippen LogP contribution is -2.22. The molecule has 0 bridgehead atoms. The summed E-state index contributed by atoms with van der Waals surface area (Å²) in [7, 11) is 3.22. The molecule has 7 heteroatoms. The number of nitrogens with one attached hydrogen (secondary N) is 1. The number of ether oxygens (including phenoxy) is 3. The van der Waals surface area contributed by atoms with Gasteiger partial charge in [-0.15, -0.1) is 10.2 Å². The maximum atomic E-state index is 12.5. The number of aromatic nitrogens is 2. The molecule has 0 radical (unpaired) electrons. The Kier molecular flexibility index (Phi) is 6.80. The molecule has 0 unspecified atom stereocenters. The van der Waals surface area contributed by atoms with Gasteiger partial charge < -0.3 is 19.5 Å². The van der Waals surface area contributed by atoms with Crippen LogP contribution in [-0.4, -0.2) is 30.3 Å². The summed E-state index contributed by atoms with van der Waals surface area (Å²) in [6.45, 7) is 0.435. The number of carbonyl (C=O) groups is 1. The second kappa shape index (κ2) is 10.3. The van der Waals surface area contributed by atoms with E-state index in [1.807, 2.05) is 60.7 Å². The Morgan fingerprint density at radius 3 is 2.18 bits per heavy atom. The highest BCUT2D eigenvalue weighted by Gasteiger charge is 2.08. The van der Waals surface area contributed by atoms with Gasteiger partial charge in [0.05, 0.1) is 19.9 Å². The van der Waals surface area contributed by atoms with Gasteiger partial charge in [-0.3, -0.25) is 4.79 Å². The third kappa shape index (κ3) is 5.65. The van der Waals surface area contributed by atoms with Gasteiger partial charge in [-0.05, 0) is 48.0 Å². The van der Waals surface area contributed by atoms with Crippen LogP contribution >= 0.6 is 0 Å². The van der Waals surface area contributed by atoms with Crippen molar-refractivity contribution >= 4 is 5.91 Å². The molecule has 0 atom stereocenters. The van der Waals surface area contributed by atoms with Crippen LogP contribution in [0.5, 0.6) is 23.1 Å². The van der Waals surface area contributed by atoms with Gasteiger partial charge in [-0.1, -0.05) is 30.3 Å². The summed E-state index contributed by atoms with van der Waals surface area (Å²) in [6.07, 6.45) is 0. The van der Waals surface area contributed by atoms with Crippen LogP contribution < -0.4 is 19.5 Å². The van der Waals surface area contributed by atoms with Crippen LogP contribution in [0.15, 0.2) is 84.9 Å². The molecular weight excluding hydrogens is 418 g/mol. The first-order chi connectivity index (χ1) is 16.1. The highest BCUT2D eigenvalue weighted by Crippen LogP contribution is 2.25. The molecule has 0 aliphatic heterocycles. The van der Waals surface area contributed by atoms with Crippen molar-refractivity contribution < 1.29 is 19.0 Å². The molecular formula is C26H23N3O4. The van der Waals surface area contributed by atoms with Crippen molar-refractivity contribution in [2.75, 3.05) is 14.2 Å². The van der Waals surface area contributed by atoms with E-state index in [1.165, 1.54) is 0 Å². The maximum absolute atomic E-state index is 12.5. The van der Waals surface area contributed by atoms with Crippen LogP contribution in [0.25, 0.3) is 11.3 Å². The molecule has 1 heterocycles. The first-order valence-electron chi connectivity index (χ1n) is 10.3. The van der Waals surface area contributed by atoms with E-state index in [0.29, 0.717) is 35.2 Å². The zero-order valence-electron chi connectivity index (χ0n) is 18.3. The largest absolute Gasteiger partial charge is 0.497 e. The Hall–Kier alpha value is -4.39. The average Bonchev–Trinajstić information content (AvgIpc) is 2.88. The van der Waals surface area contributed by atoms with Gasteiger partial charge >= 0.3 is 0 Å². The zero-order valence-corrected chi connectivity index (χ0v) is 18.3. The number of rotatable bonds is 8. The van der Waals surface area contributed by atoms with Gasteiger partial charge in [0.25, 0.3) is 5.91 Å². The van der Waals surface area contributed by atoms with Crippen molar-refractivity contribution in [2.45, 2.75) is 6.54 Å². The molecule has 4 aromatic rings. The molecule has 0 fully saturated rings. The highest BCUT2D eigenvalue weighted by molar-refractivity contribution is 5.94. The Morgan fingerprint density at radius 2 is 1.52 bits per heavy atom. The molecule has 0 saturated carbocycles. The number of nitrogens with zero attached hydrogens (tertiary/aromatic N) is 2. The normalized spacial score (nSPS) is 10.4. The van der Waals surface area contributed by atoms with Crippen molar-refractivity contribution in [3.05, 3.63) is 96.1 Å². The second-order valence-corrected chi connectivity index (χ2v) is 7.15. The van der Waals surface area contributed by atoms with Gasteiger partial charge in [0, 0.05) is 29.8 Å². The monoisotopic (exact) mass is 441 g/mol. The quantitative estimate of drug-likeness (QED) is 0.420. The lowest BCUT2D eigenvalue weighted by atomic mass is 10.1. The summed E-state index contributed by atoms with van der Waals surface area (Å²) in [5.74, 6) is 2.32. The van der Waals surface area contributed by atoms with Crippen LogP contribution in [0, 0.1) is 0 Å². The Bertz CT molecular complexity index is 1210. The lowest BCUT2D eigenvalue weighted by Gasteiger charge is -2.08. The number of hydrogen-bond donors (Lipinski definition) is 1. The maximum Gasteiger partial charge on any atom is 0.251 e. The van der Waals surface area contributed by atoms with E-state index >= 15 is 0 Å². The highest BCUT2D eigenvalue weighted by atomic mass is 16.5. The second-order valence-electron chi connectivity index (χ2n) is 7.15. The molecule has 1 N–H and O–H groups in total. The molecule has 3 aromatic carbocycles. The number of benzene rings is 3.